The van der Waals surface area contributed by atoms with Crippen molar-refractivity contribution in [3.8, 4) is 17.2 Å². The van der Waals surface area contributed by atoms with Gasteiger partial charge in [0.2, 0.25) is 0 Å². The zero-order chi connectivity index (χ0) is 17.0. The highest BCUT2D eigenvalue weighted by Crippen LogP contribution is 2.28. The molecule has 0 bridgehead atoms. The molecule has 0 aliphatic carbocycles. The molecular weight excluding hydrogens is 304 g/mol. The quantitative estimate of drug-likeness (QED) is 0.647. The van der Waals surface area contributed by atoms with E-state index in [4.69, 9.17) is 9.47 Å². The van der Waals surface area contributed by atoms with Crippen molar-refractivity contribution in [3.05, 3.63) is 52.1 Å². The van der Waals surface area contributed by atoms with E-state index in [1.807, 2.05) is 0 Å². The number of anilines is 1. The number of methoxy groups -OCH3 is 2. The lowest BCUT2D eigenvalue weighted by molar-refractivity contribution is -0.385. The lowest BCUT2D eigenvalue weighted by Crippen LogP contribution is -2.12. The Morgan fingerprint density at radius 3 is 2.22 bits per heavy atom. The van der Waals surface area contributed by atoms with E-state index in [9.17, 15) is 20.0 Å². The van der Waals surface area contributed by atoms with Crippen LogP contribution in [0.4, 0.5) is 11.4 Å². The molecule has 0 saturated heterocycles. The standard InChI is InChI=1S/C15H14N2O6/c1-22-11-6-10(7-12(8-11)23-2)16-15(19)9-3-4-13(17(20)21)14(18)5-9/h3-8,18H,1-2H3,(H,16,19). The number of carbonyl (C=O) groups is 1. The molecule has 0 radical (unpaired) electrons. The molecular formula is C15H14N2O6. The minimum absolute atomic E-state index is 0.0786. The van der Waals surface area contributed by atoms with E-state index in [2.05, 4.69) is 5.32 Å². The van der Waals surface area contributed by atoms with Crippen LogP contribution in [-0.4, -0.2) is 30.2 Å². The molecule has 0 unspecified atom stereocenters. The van der Waals surface area contributed by atoms with Gasteiger partial charge in [-0.2, -0.15) is 0 Å². The Hall–Kier alpha value is -3.29. The molecule has 0 aromatic heterocycles. The maximum Gasteiger partial charge on any atom is 0.310 e. The van der Waals surface area contributed by atoms with Gasteiger partial charge in [0.05, 0.1) is 19.1 Å². The van der Waals surface area contributed by atoms with Crippen molar-refractivity contribution in [1.29, 1.82) is 0 Å². The Balaban J connectivity index is 2.25. The molecule has 0 spiro atoms. The minimum atomic E-state index is -0.732. The number of hydrogen-bond acceptors (Lipinski definition) is 6. The maximum absolute atomic E-state index is 12.2. The third kappa shape index (κ3) is 3.67. The summed E-state index contributed by atoms with van der Waals surface area (Å²) in [7, 11) is 2.96. The number of carbonyl (C=O) groups excluding carboxylic acids is 1. The van der Waals surface area contributed by atoms with E-state index < -0.39 is 22.3 Å². The Morgan fingerprint density at radius 2 is 1.74 bits per heavy atom. The van der Waals surface area contributed by atoms with Gasteiger partial charge in [-0.15, -0.1) is 0 Å². The molecule has 0 fully saturated rings. The monoisotopic (exact) mass is 318 g/mol. The van der Waals surface area contributed by atoms with Crippen LogP contribution in [-0.2, 0) is 0 Å². The molecule has 2 aromatic rings. The van der Waals surface area contributed by atoms with Gasteiger partial charge in [-0.05, 0) is 12.1 Å². The molecule has 2 rings (SSSR count). The molecule has 0 aliphatic heterocycles. The number of rotatable bonds is 5. The van der Waals surface area contributed by atoms with Crippen LogP contribution >= 0.6 is 0 Å². The molecule has 8 nitrogen and oxygen atoms in total. The van der Waals surface area contributed by atoms with Crippen LogP contribution in [0.15, 0.2) is 36.4 Å². The molecule has 0 saturated carbocycles. The number of phenolic OH excluding ortho intramolecular Hbond substituents is 1. The Morgan fingerprint density at radius 1 is 1.13 bits per heavy atom. The van der Waals surface area contributed by atoms with Crippen molar-refractivity contribution in [1.82, 2.24) is 0 Å². The van der Waals surface area contributed by atoms with E-state index in [0.717, 1.165) is 12.1 Å². The summed E-state index contributed by atoms with van der Waals surface area (Å²) in [4.78, 5) is 22.1. The first kappa shape index (κ1) is 16.1. The summed E-state index contributed by atoms with van der Waals surface area (Å²) < 4.78 is 10.2. The topological polar surface area (TPSA) is 111 Å². The molecule has 2 N–H and O–H groups in total. The second kappa shape index (κ2) is 6.65. The number of amides is 1. The molecule has 120 valence electrons. The van der Waals surface area contributed by atoms with Gasteiger partial charge < -0.3 is 19.9 Å². The Kier molecular flexibility index (Phi) is 4.65. The average molecular weight is 318 g/mol. The summed E-state index contributed by atoms with van der Waals surface area (Å²) in [6, 6.07) is 8.18. The van der Waals surface area contributed by atoms with Gasteiger partial charge in [0.25, 0.3) is 5.91 Å². The zero-order valence-electron chi connectivity index (χ0n) is 12.4. The Bertz CT molecular complexity index is 737. The van der Waals surface area contributed by atoms with Crippen molar-refractivity contribution < 1.29 is 24.3 Å². The Labute approximate surface area is 131 Å². The predicted octanol–water partition coefficient (Wildman–Crippen LogP) is 2.57. The highest BCUT2D eigenvalue weighted by atomic mass is 16.6. The maximum atomic E-state index is 12.2. The molecule has 0 atom stereocenters. The summed E-state index contributed by atoms with van der Waals surface area (Å²) >= 11 is 0. The second-order valence-corrected chi connectivity index (χ2v) is 4.52. The summed E-state index contributed by atoms with van der Waals surface area (Å²) in [6.07, 6.45) is 0. The van der Waals surface area contributed by atoms with Crippen molar-refractivity contribution >= 4 is 17.3 Å². The van der Waals surface area contributed by atoms with E-state index in [1.165, 1.54) is 20.3 Å². The smallest absolute Gasteiger partial charge is 0.310 e. The van der Waals surface area contributed by atoms with Crippen molar-refractivity contribution in [2.75, 3.05) is 19.5 Å². The largest absolute Gasteiger partial charge is 0.502 e. The fourth-order valence-corrected chi connectivity index (χ4v) is 1.90. The summed E-state index contributed by atoms with van der Waals surface area (Å²) in [6.45, 7) is 0. The number of nitrogens with one attached hydrogen (secondary N) is 1. The van der Waals surface area contributed by atoms with Crippen LogP contribution in [0.25, 0.3) is 0 Å². The molecule has 1 amide bonds. The van der Waals surface area contributed by atoms with E-state index >= 15 is 0 Å². The number of ether oxygens (including phenoxy) is 2. The highest BCUT2D eigenvalue weighted by molar-refractivity contribution is 6.04. The van der Waals surface area contributed by atoms with E-state index in [1.54, 1.807) is 18.2 Å². The van der Waals surface area contributed by atoms with Crippen LogP contribution in [0.2, 0.25) is 0 Å². The van der Waals surface area contributed by atoms with E-state index in [-0.39, 0.29) is 5.56 Å². The number of phenols is 1. The minimum Gasteiger partial charge on any atom is -0.502 e. The van der Waals surface area contributed by atoms with Crippen LogP contribution in [0.3, 0.4) is 0 Å². The van der Waals surface area contributed by atoms with Gasteiger partial charge >= 0.3 is 5.69 Å². The molecule has 23 heavy (non-hydrogen) atoms. The molecule has 2 aromatic carbocycles. The number of nitrogens with zero attached hydrogens (tertiary/aromatic N) is 1. The number of benzene rings is 2. The molecule has 0 heterocycles. The van der Waals surface area contributed by atoms with Gasteiger partial charge in [-0.3, -0.25) is 14.9 Å². The van der Waals surface area contributed by atoms with Gasteiger partial charge in [0.1, 0.15) is 11.5 Å². The first-order valence-corrected chi connectivity index (χ1v) is 6.46. The average Bonchev–Trinajstić information content (AvgIpc) is 2.53. The number of hydrogen-bond donors (Lipinski definition) is 2. The molecule has 8 heteroatoms. The SMILES string of the molecule is COc1cc(NC(=O)c2ccc([N+](=O)[O-])c(O)c2)cc(OC)c1. The van der Waals surface area contributed by atoms with Crippen LogP contribution in [0.1, 0.15) is 10.4 Å². The zero-order valence-corrected chi connectivity index (χ0v) is 12.4. The highest BCUT2D eigenvalue weighted by Gasteiger charge is 2.16. The third-order valence-corrected chi connectivity index (χ3v) is 3.04. The fraction of sp³-hybridized carbons (Fsp3) is 0.133. The first-order chi connectivity index (χ1) is 10.9. The van der Waals surface area contributed by atoms with Gasteiger partial charge in [0.15, 0.2) is 5.75 Å². The third-order valence-electron chi connectivity index (χ3n) is 3.04. The summed E-state index contributed by atoms with van der Waals surface area (Å²) in [5, 5.41) is 22.8. The second-order valence-electron chi connectivity index (χ2n) is 4.52. The number of nitro benzene ring substituents is 1. The fourth-order valence-electron chi connectivity index (χ4n) is 1.90. The summed E-state index contributed by atoms with van der Waals surface area (Å²) in [5.74, 6) is -0.131. The van der Waals surface area contributed by atoms with Crippen molar-refractivity contribution in [3.63, 3.8) is 0 Å². The van der Waals surface area contributed by atoms with Crippen molar-refractivity contribution in [2.45, 2.75) is 0 Å². The lowest BCUT2D eigenvalue weighted by atomic mass is 10.1. The normalized spacial score (nSPS) is 10.0. The summed E-state index contributed by atoms with van der Waals surface area (Å²) in [5.41, 5.74) is 0.0310. The van der Waals surface area contributed by atoms with Crippen LogP contribution in [0.5, 0.6) is 17.2 Å². The predicted molar refractivity (Wildman–Crippen MR) is 82.3 cm³/mol. The number of nitro groups is 1. The first-order valence-electron chi connectivity index (χ1n) is 6.46. The lowest BCUT2D eigenvalue weighted by Gasteiger charge is -2.10. The van der Waals surface area contributed by atoms with E-state index in [0.29, 0.717) is 17.2 Å². The van der Waals surface area contributed by atoms with Gasteiger partial charge in [-0.25, -0.2) is 0 Å². The number of aromatic hydroxyl groups is 1. The van der Waals surface area contributed by atoms with Gasteiger partial charge in [-0.1, -0.05) is 0 Å². The van der Waals surface area contributed by atoms with Crippen LogP contribution in [0, 0.1) is 10.1 Å². The van der Waals surface area contributed by atoms with Crippen molar-refractivity contribution in [2.24, 2.45) is 0 Å². The molecule has 0 aliphatic rings. The van der Waals surface area contributed by atoms with Gasteiger partial charge in [0, 0.05) is 35.5 Å². The van der Waals surface area contributed by atoms with Crippen LogP contribution < -0.4 is 14.8 Å².